The summed E-state index contributed by atoms with van der Waals surface area (Å²) in [6, 6.07) is 7.94. The quantitative estimate of drug-likeness (QED) is 0.586. The lowest BCUT2D eigenvalue weighted by Crippen LogP contribution is -2.28. The minimum absolute atomic E-state index is 0.0916. The molecule has 0 aliphatic rings. The summed E-state index contributed by atoms with van der Waals surface area (Å²) in [6.07, 6.45) is 0. The van der Waals surface area contributed by atoms with Crippen LogP contribution in [0.15, 0.2) is 29.4 Å². The van der Waals surface area contributed by atoms with E-state index in [-0.39, 0.29) is 17.8 Å². The smallest absolute Gasteiger partial charge is 0.233 e. The Hall–Kier alpha value is -2.22. The Morgan fingerprint density at radius 1 is 1.29 bits per heavy atom. The van der Waals surface area contributed by atoms with Gasteiger partial charge in [0.2, 0.25) is 11.1 Å². The van der Waals surface area contributed by atoms with E-state index in [4.69, 9.17) is 10.6 Å². The molecule has 0 fully saturated rings. The van der Waals surface area contributed by atoms with Crippen LogP contribution >= 0.6 is 11.8 Å². The van der Waals surface area contributed by atoms with Gasteiger partial charge in [0, 0.05) is 7.05 Å². The Morgan fingerprint density at radius 3 is 2.54 bits per heavy atom. The summed E-state index contributed by atoms with van der Waals surface area (Å²) in [4.78, 5) is 11.6. The highest BCUT2D eigenvalue weighted by Crippen LogP contribution is 2.22. The van der Waals surface area contributed by atoms with Gasteiger partial charge in [-0.15, -0.1) is 10.2 Å². The minimum atomic E-state index is -0.307. The topological polar surface area (TPSA) is 95.1 Å². The number of aromatic nitrogens is 3. The average molecular weight is 349 g/mol. The first-order valence-corrected chi connectivity index (χ1v) is 8.60. The highest BCUT2D eigenvalue weighted by Gasteiger charge is 2.18. The summed E-state index contributed by atoms with van der Waals surface area (Å²) < 4.78 is 7.06. The summed E-state index contributed by atoms with van der Waals surface area (Å²) >= 11 is 1.25. The first kappa shape index (κ1) is 18.1. The Balaban J connectivity index is 1.97. The molecule has 24 heavy (non-hydrogen) atoms. The molecule has 130 valence electrons. The van der Waals surface area contributed by atoms with E-state index >= 15 is 0 Å². The molecule has 3 N–H and O–H groups in total. The highest BCUT2D eigenvalue weighted by atomic mass is 32.2. The van der Waals surface area contributed by atoms with Crippen LogP contribution in [0, 0.1) is 0 Å². The molecule has 0 saturated carbocycles. The molecule has 1 aromatic carbocycles. The van der Waals surface area contributed by atoms with E-state index in [1.54, 1.807) is 14.0 Å². The fourth-order valence-corrected chi connectivity index (χ4v) is 2.85. The second-order valence-electron chi connectivity index (χ2n) is 5.66. The van der Waals surface area contributed by atoms with E-state index < -0.39 is 0 Å². The normalized spacial score (nSPS) is 12.2. The van der Waals surface area contributed by atoms with Crippen molar-refractivity contribution in [2.24, 2.45) is 0 Å². The minimum Gasteiger partial charge on any atom is -0.486 e. The lowest BCUT2D eigenvalue weighted by Gasteiger charge is -2.10. The van der Waals surface area contributed by atoms with Gasteiger partial charge >= 0.3 is 0 Å². The SMILES string of the molecule is CNC(=O)C(C)Sc1nnc(COc2ccc(C(C)C)cc2)n1N. The monoisotopic (exact) mass is 349 g/mol. The second kappa shape index (κ2) is 8.05. The molecular formula is C16H23N5O2S. The van der Waals surface area contributed by atoms with E-state index in [0.717, 1.165) is 5.75 Å². The zero-order valence-electron chi connectivity index (χ0n) is 14.3. The van der Waals surface area contributed by atoms with Gasteiger partial charge in [0.05, 0.1) is 5.25 Å². The van der Waals surface area contributed by atoms with Crippen molar-refractivity contribution in [3.8, 4) is 5.75 Å². The van der Waals surface area contributed by atoms with Gasteiger partial charge in [0.25, 0.3) is 0 Å². The van der Waals surface area contributed by atoms with Crippen LogP contribution in [0.2, 0.25) is 0 Å². The van der Waals surface area contributed by atoms with E-state index in [2.05, 4.69) is 29.4 Å². The molecule has 8 heteroatoms. The molecule has 1 aromatic heterocycles. The van der Waals surface area contributed by atoms with Crippen molar-refractivity contribution in [1.82, 2.24) is 20.2 Å². The number of amides is 1. The number of hydrogen-bond donors (Lipinski definition) is 2. The summed E-state index contributed by atoms with van der Waals surface area (Å²) in [5.74, 6) is 7.61. The highest BCUT2D eigenvalue weighted by molar-refractivity contribution is 8.00. The molecule has 0 radical (unpaired) electrons. The lowest BCUT2D eigenvalue weighted by molar-refractivity contribution is -0.119. The zero-order valence-corrected chi connectivity index (χ0v) is 15.1. The van der Waals surface area contributed by atoms with Gasteiger partial charge in [0.1, 0.15) is 12.4 Å². The molecule has 1 amide bonds. The molecule has 1 unspecified atom stereocenters. The number of carbonyl (C=O) groups excluding carboxylic acids is 1. The van der Waals surface area contributed by atoms with Crippen LogP contribution in [0.3, 0.4) is 0 Å². The molecule has 0 saturated heterocycles. The Morgan fingerprint density at radius 2 is 1.96 bits per heavy atom. The number of hydrogen-bond acceptors (Lipinski definition) is 6. The predicted octanol–water partition coefficient (Wildman–Crippen LogP) is 1.92. The molecule has 0 bridgehead atoms. The van der Waals surface area contributed by atoms with Gasteiger partial charge in [-0.1, -0.05) is 37.7 Å². The van der Waals surface area contributed by atoms with Crippen LogP contribution in [0.5, 0.6) is 5.75 Å². The fourth-order valence-electron chi connectivity index (χ4n) is 2.00. The number of nitrogens with zero attached hydrogens (tertiary/aromatic N) is 3. The van der Waals surface area contributed by atoms with Crippen molar-refractivity contribution in [3.05, 3.63) is 35.7 Å². The fraction of sp³-hybridized carbons (Fsp3) is 0.438. The van der Waals surface area contributed by atoms with Gasteiger partial charge in [-0.05, 0) is 30.5 Å². The van der Waals surface area contributed by atoms with Gasteiger partial charge in [-0.25, -0.2) is 4.68 Å². The molecule has 7 nitrogen and oxygen atoms in total. The Labute approximate surface area is 145 Å². The summed E-state index contributed by atoms with van der Waals surface area (Å²) in [6.45, 7) is 6.28. The second-order valence-corrected chi connectivity index (χ2v) is 6.96. The van der Waals surface area contributed by atoms with Crippen molar-refractivity contribution < 1.29 is 9.53 Å². The molecule has 2 aromatic rings. The van der Waals surface area contributed by atoms with Crippen LogP contribution in [0.1, 0.15) is 38.1 Å². The lowest BCUT2D eigenvalue weighted by atomic mass is 10.0. The number of carbonyl (C=O) groups is 1. The maximum atomic E-state index is 11.6. The Bertz CT molecular complexity index is 684. The number of nitrogens with two attached hydrogens (primary N) is 1. The van der Waals surface area contributed by atoms with Crippen LogP contribution < -0.4 is 15.9 Å². The summed E-state index contributed by atoms with van der Waals surface area (Å²) in [5.41, 5.74) is 1.26. The summed E-state index contributed by atoms with van der Waals surface area (Å²) in [7, 11) is 1.59. The zero-order chi connectivity index (χ0) is 17.7. The standard InChI is InChI=1S/C16H23N5O2S/c1-10(2)12-5-7-13(8-6-12)23-9-14-19-20-16(21(14)17)24-11(3)15(22)18-4/h5-8,10-11H,9,17H2,1-4H3,(H,18,22). The van der Waals surface area contributed by atoms with Crippen LogP contribution in [-0.4, -0.2) is 33.1 Å². The van der Waals surface area contributed by atoms with Crippen molar-refractivity contribution in [2.45, 2.75) is 43.7 Å². The first-order valence-electron chi connectivity index (χ1n) is 7.72. The van der Waals surface area contributed by atoms with E-state index in [1.165, 1.54) is 22.0 Å². The number of benzene rings is 1. The third-order valence-electron chi connectivity index (χ3n) is 3.55. The van der Waals surface area contributed by atoms with Crippen LogP contribution in [0.25, 0.3) is 0 Å². The van der Waals surface area contributed by atoms with E-state index in [1.807, 2.05) is 24.3 Å². The third-order valence-corrected chi connectivity index (χ3v) is 4.60. The van der Waals surface area contributed by atoms with Crippen LogP contribution in [-0.2, 0) is 11.4 Å². The molecule has 0 aliphatic heterocycles. The number of ether oxygens (including phenoxy) is 1. The maximum Gasteiger partial charge on any atom is 0.233 e. The largest absolute Gasteiger partial charge is 0.486 e. The number of thioether (sulfide) groups is 1. The van der Waals surface area contributed by atoms with Gasteiger partial charge in [-0.2, -0.15) is 0 Å². The maximum absolute atomic E-state index is 11.6. The number of nitrogens with one attached hydrogen (secondary N) is 1. The van der Waals surface area contributed by atoms with Gasteiger partial charge < -0.3 is 15.9 Å². The third kappa shape index (κ3) is 4.41. The molecule has 2 rings (SSSR count). The van der Waals surface area contributed by atoms with Crippen molar-refractivity contribution >= 4 is 17.7 Å². The molecular weight excluding hydrogens is 326 g/mol. The van der Waals surface area contributed by atoms with E-state index in [9.17, 15) is 4.79 Å². The average Bonchev–Trinajstić information content (AvgIpc) is 2.92. The number of rotatable bonds is 7. The van der Waals surface area contributed by atoms with E-state index in [0.29, 0.717) is 16.9 Å². The Kier molecular flexibility index (Phi) is 6.08. The summed E-state index contributed by atoms with van der Waals surface area (Å²) in [5, 5.41) is 10.8. The molecule has 1 atom stereocenters. The first-order chi connectivity index (χ1) is 11.4. The molecule has 1 heterocycles. The predicted molar refractivity (Wildman–Crippen MR) is 94.4 cm³/mol. The van der Waals surface area contributed by atoms with Crippen LogP contribution in [0.4, 0.5) is 0 Å². The number of nitrogen functional groups attached to an aromatic ring is 1. The van der Waals surface area contributed by atoms with Crippen molar-refractivity contribution in [3.63, 3.8) is 0 Å². The van der Waals surface area contributed by atoms with Gasteiger partial charge in [-0.3, -0.25) is 4.79 Å². The van der Waals surface area contributed by atoms with Crippen molar-refractivity contribution in [1.29, 1.82) is 0 Å². The molecule has 0 spiro atoms. The molecule has 0 aliphatic carbocycles. The van der Waals surface area contributed by atoms with Crippen molar-refractivity contribution in [2.75, 3.05) is 12.9 Å². The van der Waals surface area contributed by atoms with Gasteiger partial charge in [0.15, 0.2) is 5.82 Å².